The summed E-state index contributed by atoms with van der Waals surface area (Å²) in [6, 6.07) is 0. The fraction of sp³-hybridized carbons (Fsp3) is 0.824. The Bertz CT molecular complexity index is 564. The normalized spacial score (nSPS) is 22.9. The summed E-state index contributed by atoms with van der Waals surface area (Å²) in [6.07, 6.45) is 0.224. The first kappa shape index (κ1) is 23.2. The second-order valence-electron chi connectivity index (χ2n) is 8.60. The van der Waals surface area contributed by atoms with Crippen molar-refractivity contribution in [3.8, 4) is 0 Å². The number of piperidine rings is 1. The zero-order valence-electron chi connectivity index (χ0n) is 16.8. The molecular weight excluding hydrogens is 355 g/mol. The van der Waals surface area contributed by atoms with E-state index >= 15 is 0 Å². The van der Waals surface area contributed by atoms with Crippen LogP contribution in [0.25, 0.3) is 0 Å². The summed E-state index contributed by atoms with van der Waals surface area (Å²) in [7, 11) is -0.0169. The van der Waals surface area contributed by atoms with Crippen molar-refractivity contribution >= 4 is 25.1 Å². The average Bonchev–Trinajstić information content (AvgIpc) is 2.50. The van der Waals surface area contributed by atoms with Gasteiger partial charge in [-0.3, -0.25) is 9.59 Å². The van der Waals surface area contributed by atoms with E-state index in [0.717, 1.165) is 4.90 Å². The number of likely N-dealkylation sites (tertiary alicyclic amines) is 1. The number of aliphatic carboxylic acids is 1. The number of nitrogens with zero attached hydrogens (tertiary/aromatic N) is 2. The van der Waals surface area contributed by atoms with Crippen molar-refractivity contribution in [1.82, 2.24) is 9.80 Å². The molecular formula is C17H31BN2O7. The van der Waals surface area contributed by atoms with Crippen molar-refractivity contribution in [2.45, 2.75) is 52.5 Å². The maximum Gasteiger partial charge on any atom is 0.451 e. The van der Waals surface area contributed by atoms with Crippen LogP contribution in [0.5, 0.6) is 0 Å². The first-order valence-corrected chi connectivity index (χ1v) is 9.05. The number of rotatable bonds is 6. The van der Waals surface area contributed by atoms with Crippen LogP contribution in [0.15, 0.2) is 0 Å². The molecule has 27 heavy (non-hydrogen) atoms. The van der Waals surface area contributed by atoms with Gasteiger partial charge in [0.15, 0.2) is 0 Å². The van der Waals surface area contributed by atoms with E-state index in [1.807, 2.05) is 0 Å². The number of carbonyl (C=O) groups excluding carboxylic acids is 2. The lowest BCUT2D eigenvalue weighted by atomic mass is 9.72. The van der Waals surface area contributed by atoms with E-state index in [9.17, 15) is 19.5 Å². The van der Waals surface area contributed by atoms with Gasteiger partial charge < -0.3 is 29.7 Å². The molecule has 1 fully saturated rings. The molecule has 1 aliphatic heterocycles. The molecule has 0 bridgehead atoms. The summed E-state index contributed by atoms with van der Waals surface area (Å²) in [5, 5.41) is 27.7. The van der Waals surface area contributed by atoms with E-state index in [-0.39, 0.29) is 31.2 Å². The SMILES string of the molecule is CN(CC(=O)N1C[C@@H](CCB(O)O)C[C@](C)(C(=O)O)C1)C(=O)OC(C)(C)C. The second kappa shape index (κ2) is 8.92. The van der Waals surface area contributed by atoms with Gasteiger partial charge in [0.2, 0.25) is 5.91 Å². The van der Waals surface area contributed by atoms with Crippen LogP contribution in [0.3, 0.4) is 0 Å². The number of hydrogen-bond acceptors (Lipinski definition) is 6. The minimum Gasteiger partial charge on any atom is -0.481 e. The second-order valence-corrected chi connectivity index (χ2v) is 8.60. The van der Waals surface area contributed by atoms with Gasteiger partial charge in [-0.15, -0.1) is 0 Å². The fourth-order valence-electron chi connectivity index (χ4n) is 3.19. The molecule has 10 heteroatoms. The molecule has 0 aromatic heterocycles. The predicted octanol–water partition coefficient (Wildman–Crippen LogP) is 0.656. The van der Waals surface area contributed by atoms with E-state index in [2.05, 4.69) is 0 Å². The Morgan fingerprint density at radius 3 is 2.37 bits per heavy atom. The number of likely N-dealkylation sites (N-methyl/N-ethyl adjacent to an activating group) is 1. The van der Waals surface area contributed by atoms with Gasteiger partial charge in [0.1, 0.15) is 12.1 Å². The fourth-order valence-corrected chi connectivity index (χ4v) is 3.19. The number of carboxylic acid groups (broad SMARTS) is 1. The van der Waals surface area contributed by atoms with Crippen molar-refractivity contribution < 1.29 is 34.3 Å². The first-order chi connectivity index (χ1) is 12.2. The summed E-state index contributed by atoms with van der Waals surface area (Å²) >= 11 is 0. The Hall–Kier alpha value is -1.81. The van der Waals surface area contributed by atoms with Gasteiger partial charge in [-0.05, 0) is 46.4 Å². The van der Waals surface area contributed by atoms with Crippen molar-refractivity contribution in [2.24, 2.45) is 11.3 Å². The Morgan fingerprint density at radius 1 is 1.30 bits per heavy atom. The Balaban J connectivity index is 2.80. The highest BCUT2D eigenvalue weighted by Gasteiger charge is 2.43. The van der Waals surface area contributed by atoms with Crippen molar-refractivity contribution in [3.63, 3.8) is 0 Å². The van der Waals surface area contributed by atoms with E-state index < -0.39 is 30.2 Å². The molecule has 0 aromatic carbocycles. The standard InChI is InChI=1S/C17H31BN2O7/c1-16(2,3)27-15(24)19(5)10-13(21)20-9-12(6-7-18(25)26)8-17(4,11-20)14(22)23/h12,25-26H,6-11H2,1-5H3,(H,22,23)/t12-,17-/m0/s1. The van der Waals surface area contributed by atoms with Crippen molar-refractivity contribution in [2.75, 3.05) is 26.7 Å². The van der Waals surface area contributed by atoms with Crippen LogP contribution in [0.2, 0.25) is 6.32 Å². The summed E-state index contributed by atoms with van der Waals surface area (Å²) in [6.45, 7) is 6.89. The molecule has 1 saturated heterocycles. The zero-order chi connectivity index (χ0) is 21.0. The van der Waals surface area contributed by atoms with E-state index in [0.29, 0.717) is 19.4 Å². The molecule has 2 atom stereocenters. The van der Waals surface area contributed by atoms with Crippen LogP contribution in [-0.4, -0.2) is 82.3 Å². The van der Waals surface area contributed by atoms with Gasteiger partial charge >= 0.3 is 19.2 Å². The Labute approximate surface area is 160 Å². The summed E-state index contributed by atoms with van der Waals surface area (Å²) in [5.41, 5.74) is -1.80. The average molecular weight is 386 g/mol. The minimum absolute atomic E-state index is 0.0432. The van der Waals surface area contributed by atoms with Crippen LogP contribution in [0.4, 0.5) is 4.79 Å². The molecule has 0 aliphatic carbocycles. The molecule has 1 aliphatic rings. The lowest BCUT2D eigenvalue weighted by Crippen LogP contribution is -2.54. The quantitative estimate of drug-likeness (QED) is 0.572. The lowest BCUT2D eigenvalue weighted by Gasteiger charge is -2.42. The van der Waals surface area contributed by atoms with E-state index in [4.69, 9.17) is 14.8 Å². The van der Waals surface area contributed by atoms with Gasteiger partial charge in [0.05, 0.1) is 5.41 Å². The predicted molar refractivity (Wildman–Crippen MR) is 98.9 cm³/mol. The topological polar surface area (TPSA) is 128 Å². The van der Waals surface area contributed by atoms with Crippen LogP contribution in [0.1, 0.15) is 40.5 Å². The molecule has 0 unspecified atom stereocenters. The number of ether oxygens (including phenoxy) is 1. The molecule has 1 rings (SSSR count). The number of amides is 2. The minimum atomic E-state index is -1.47. The monoisotopic (exact) mass is 386 g/mol. The molecule has 154 valence electrons. The van der Waals surface area contributed by atoms with Crippen molar-refractivity contribution in [3.05, 3.63) is 0 Å². The number of carbonyl (C=O) groups is 3. The summed E-state index contributed by atoms with van der Waals surface area (Å²) in [5.74, 6) is -1.54. The van der Waals surface area contributed by atoms with Gasteiger partial charge in [-0.1, -0.05) is 6.42 Å². The molecule has 0 aromatic rings. The van der Waals surface area contributed by atoms with Crippen LogP contribution in [0, 0.1) is 11.3 Å². The van der Waals surface area contributed by atoms with E-state index in [1.165, 1.54) is 11.9 Å². The highest BCUT2D eigenvalue weighted by Crippen LogP contribution is 2.35. The first-order valence-electron chi connectivity index (χ1n) is 9.05. The summed E-state index contributed by atoms with van der Waals surface area (Å²) in [4.78, 5) is 39.0. The maximum atomic E-state index is 12.7. The van der Waals surface area contributed by atoms with Crippen LogP contribution in [-0.2, 0) is 14.3 Å². The molecule has 0 radical (unpaired) electrons. The third-order valence-electron chi connectivity index (χ3n) is 4.54. The molecule has 2 amide bonds. The van der Waals surface area contributed by atoms with Gasteiger partial charge in [-0.2, -0.15) is 0 Å². The maximum absolute atomic E-state index is 12.7. The molecule has 0 spiro atoms. The molecule has 1 heterocycles. The third kappa shape index (κ3) is 7.38. The van der Waals surface area contributed by atoms with Crippen LogP contribution >= 0.6 is 0 Å². The zero-order valence-corrected chi connectivity index (χ0v) is 16.8. The Morgan fingerprint density at radius 2 is 1.89 bits per heavy atom. The molecule has 0 saturated carbocycles. The smallest absolute Gasteiger partial charge is 0.451 e. The highest BCUT2D eigenvalue weighted by atomic mass is 16.6. The highest BCUT2D eigenvalue weighted by molar-refractivity contribution is 6.40. The third-order valence-corrected chi connectivity index (χ3v) is 4.54. The van der Waals surface area contributed by atoms with Gasteiger partial charge in [-0.25, -0.2) is 4.79 Å². The Kier molecular flexibility index (Phi) is 7.68. The molecule has 3 N–H and O–H groups in total. The van der Waals surface area contributed by atoms with E-state index in [1.54, 1.807) is 27.7 Å². The van der Waals surface area contributed by atoms with Crippen LogP contribution < -0.4 is 0 Å². The molecule has 9 nitrogen and oxygen atoms in total. The van der Waals surface area contributed by atoms with Gasteiger partial charge in [0, 0.05) is 20.1 Å². The van der Waals surface area contributed by atoms with Crippen molar-refractivity contribution in [1.29, 1.82) is 0 Å². The lowest BCUT2D eigenvalue weighted by molar-refractivity contribution is -0.155. The largest absolute Gasteiger partial charge is 0.481 e. The van der Waals surface area contributed by atoms with Gasteiger partial charge in [0.25, 0.3) is 0 Å². The summed E-state index contributed by atoms with van der Waals surface area (Å²) < 4.78 is 5.22. The number of carboxylic acids is 1. The number of hydrogen-bond donors (Lipinski definition) is 3.